The van der Waals surface area contributed by atoms with Gasteiger partial charge in [-0.25, -0.2) is 0 Å². The zero-order valence-electron chi connectivity index (χ0n) is 14.3. The Kier molecular flexibility index (Phi) is 10.5. The van der Waals surface area contributed by atoms with E-state index >= 15 is 0 Å². The van der Waals surface area contributed by atoms with E-state index in [2.05, 4.69) is 5.32 Å². The van der Waals surface area contributed by atoms with Crippen LogP contribution in [0.2, 0.25) is 0 Å². The average molecular weight is 439 g/mol. The van der Waals surface area contributed by atoms with Crippen molar-refractivity contribution in [1.82, 2.24) is 5.32 Å². The number of aliphatic hydroxyl groups is 2. The number of aliphatic hydroxyl groups excluding tert-OH is 2. The fourth-order valence-corrected chi connectivity index (χ4v) is 4.40. The Hall–Kier alpha value is -0.444. The molecule has 0 radical (unpaired) electrons. The maximum atomic E-state index is 12.4. The van der Waals surface area contributed by atoms with Gasteiger partial charge in [0.1, 0.15) is 6.10 Å². The van der Waals surface area contributed by atoms with Crippen LogP contribution in [-0.2, 0) is 9.59 Å². The Balaban J connectivity index is 0.00000364. The van der Waals surface area contributed by atoms with E-state index < -0.39 is 35.6 Å². The van der Waals surface area contributed by atoms with Crippen LogP contribution >= 0.6 is 23.5 Å². The summed E-state index contributed by atoms with van der Waals surface area (Å²) >= 11 is 2.06. The standard InChI is InChI=1S/C15H16N2O7S2.K/c18-7-10(11(19)8-1-3-9(4-2-8)17(23)24)16-14(20)12-13(15(21)22)26-6-5-25-12;/h1-4,10-11,18-19H,5-7H2,(H,16,20)(H,21,22);/q;+1/p-1/t10-,11-;/m0./s1. The summed E-state index contributed by atoms with van der Waals surface area (Å²) in [7, 11) is 0. The number of nitro groups is 1. The maximum Gasteiger partial charge on any atom is 1.00 e. The van der Waals surface area contributed by atoms with Gasteiger partial charge in [-0.3, -0.25) is 14.9 Å². The molecule has 0 aromatic heterocycles. The van der Waals surface area contributed by atoms with Crippen LogP contribution in [-0.4, -0.2) is 51.2 Å². The molecule has 3 N–H and O–H groups in total. The predicted molar refractivity (Wildman–Crippen MR) is 94.0 cm³/mol. The molecule has 12 heteroatoms. The second-order valence-electron chi connectivity index (χ2n) is 5.20. The summed E-state index contributed by atoms with van der Waals surface area (Å²) in [6, 6.07) is 3.90. The van der Waals surface area contributed by atoms with Crippen molar-refractivity contribution in [1.29, 1.82) is 0 Å². The van der Waals surface area contributed by atoms with E-state index in [0.717, 1.165) is 23.5 Å². The van der Waals surface area contributed by atoms with Gasteiger partial charge in [0.15, 0.2) is 0 Å². The van der Waals surface area contributed by atoms with Gasteiger partial charge in [0, 0.05) is 28.5 Å². The number of carbonyl (C=O) groups is 2. The molecule has 0 bridgehead atoms. The van der Waals surface area contributed by atoms with Crippen LogP contribution in [0, 0.1) is 10.1 Å². The molecule has 0 fully saturated rings. The van der Waals surface area contributed by atoms with Gasteiger partial charge in [-0.2, -0.15) is 0 Å². The molecule has 1 heterocycles. The third-order valence-electron chi connectivity index (χ3n) is 3.51. The van der Waals surface area contributed by atoms with Crippen molar-refractivity contribution in [2.45, 2.75) is 12.1 Å². The molecule has 2 atom stereocenters. The number of carbonyl (C=O) groups excluding carboxylic acids is 2. The molecule has 1 aliphatic heterocycles. The predicted octanol–water partition coefficient (Wildman–Crippen LogP) is -3.45. The second kappa shape index (κ2) is 11.5. The molecule has 9 nitrogen and oxygen atoms in total. The van der Waals surface area contributed by atoms with Gasteiger partial charge in [0.25, 0.3) is 11.6 Å². The van der Waals surface area contributed by atoms with Crippen molar-refractivity contribution in [3.05, 3.63) is 49.8 Å². The van der Waals surface area contributed by atoms with Gasteiger partial charge in [0.05, 0.1) is 28.4 Å². The van der Waals surface area contributed by atoms with E-state index in [-0.39, 0.29) is 72.4 Å². The third-order valence-corrected chi connectivity index (χ3v) is 6.06. The van der Waals surface area contributed by atoms with Gasteiger partial charge >= 0.3 is 51.4 Å². The number of non-ortho nitro benzene ring substituents is 1. The van der Waals surface area contributed by atoms with E-state index in [9.17, 15) is 35.0 Å². The van der Waals surface area contributed by atoms with Crippen LogP contribution in [0.1, 0.15) is 11.7 Å². The van der Waals surface area contributed by atoms with E-state index in [1.165, 1.54) is 24.3 Å². The summed E-state index contributed by atoms with van der Waals surface area (Å²) < 4.78 is 0. The molecule has 1 aliphatic rings. The van der Waals surface area contributed by atoms with Crippen molar-refractivity contribution >= 4 is 41.1 Å². The number of hydrogen-bond donors (Lipinski definition) is 3. The Morgan fingerprint density at radius 1 is 1.19 bits per heavy atom. The van der Waals surface area contributed by atoms with Crippen molar-refractivity contribution in [2.24, 2.45) is 0 Å². The van der Waals surface area contributed by atoms with Crippen LogP contribution in [0.5, 0.6) is 0 Å². The average Bonchev–Trinajstić information content (AvgIpc) is 2.65. The van der Waals surface area contributed by atoms with Crippen LogP contribution in [0.4, 0.5) is 5.69 Å². The number of thioether (sulfide) groups is 2. The summed E-state index contributed by atoms with van der Waals surface area (Å²) in [6.45, 7) is -0.615. The normalized spacial score (nSPS) is 16.1. The second-order valence-corrected chi connectivity index (χ2v) is 7.41. The maximum absolute atomic E-state index is 12.4. The van der Waals surface area contributed by atoms with Crippen molar-refractivity contribution in [3.63, 3.8) is 0 Å². The number of hydrogen-bond acceptors (Lipinski definition) is 9. The molecular weight excluding hydrogens is 423 g/mol. The van der Waals surface area contributed by atoms with Gasteiger partial charge in [-0.15, -0.1) is 23.5 Å². The van der Waals surface area contributed by atoms with E-state index in [4.69, 9.17) is 0 Å². The number of rotatable bonds is 7. The van der Waals surface area contributed by atoms with Crippen molar-refractivity contribution in [2.75, 3.05) is 18.1 Å². The topological polar surface area (TPSA) is 153 Å². The van der Waals surface area contributed by atoms with Crippen molar-refractivity contribution in [3.8, 4) is 0 Å². The van der Waals surface area contributed by atoms with E-state index in [1.807, 2.05) is 0 Å². The first-order valence-corrected chi connectivity index (χ1v) is 9.37. The molecule has 2 rings (SSSR count). The minimum atomic E-state index is -1.45. The quantitative estimate of drug-likeness (QED) is 0.224. The smallest absolute Gasteiger partial charge is 0.544 e. The Morgan fingerprint density at radius 2 is 1.74 bits per heavy atom. The number of nitrogens with zero attached hydrogens (tertiary/aromatic N) is 1. The summed E-state index contributed by atoms with van der Waals surface area (Å²) in [5, 5.41) is 44.0. The number of carboxylic acids is 1. The number of nitro benzene ring substituents is 1. The number of benzene rings is 1. The molecule has 27 heavy (non-hydrogen) atoms. The Labute approximate surface area is 205 Å². The minimum Gasteiger partial charge on any atom is -0.544 e. The first-order valence-electron chi connectivity index (χ1n) is 7.40. The van der Waals surface area contributed by atoms with Gasteiger partial charge in [-0.05, 0) is 17.7 Å². The first-order chi connectivity index (χ1) is 12.3. The largest absolute Gasteiger partial charge is 1.00 e. The van der Waals surface area contributed by atoms with Crippen LogP contribution < -0.4 is 61.8 Å². The zero-order chi connectivity index (χ0) is 19.3. The van der Waals surface area contributed by atoms with E-state index in [0.29, 0.717) is 11.5 Å². The summed E-state index contributed by atoms with van der Waals surface area (Å²) in [6.07, 6.45) is -1.34. The molecule has 140 valence electrons. The van der Waals surface area contributed by atoms with Gasteiger partial charge in [0.2, 0.25) is 0 Å². The summed E-state index contributed by atoms with van der Waals surface area (Å²) in [5.41, 5.74) is 0.0969. The van der Waals surface area contributed by atoms with E-state index in [1.54, 1.807) is 0 Å². The van der Waals surface area contributed by atoms with Crippen LogP contribution in [0.3, 0.4) is 0 Å². The Morgan fingerprint density at radius 3 is 2.22 bits per heavy atom. The molecule has 1 aromatic rings. The summed E-state index contributed by atoms with van der Waals surface area (Å²) in [4.78, 5) is 33.3. The molecule has 1 amide bonds. The summed E-state index contributed by atoms with van der Waals surface area (Å²) in [5.74, 6) is -1.12. The first kappa shape index (κ1) is 24.6. The van der Waals surface area contributed by atoms with Crippen molar-refractivity contribution < 1.29 is 81.2 Å². The molecule has 0 aliphatic carbocycles. The molecular formula is C15H15KN2O7S2. The SMILES string of the molecule is O=C([O-])C1=C(C(=O)N[C@@H](CO)[C@@H](O)c2ccc([N+](=O)[O-])cc2)SCCS1.[K+]. The number of nitrogens with one attached hydrogen (secondary N) is 1. The number of amides is 1. The molecule has 1 aromatic carbocycles. The monoisotopic (exact) mass is 438 g/mol. The fourth-order valence-electron chi connectivity index (χ4n) is 2.22. The van der Waals surface area contributed by atoms with Crippen LogP contribution in [0.15, 0.2) is 34.1 Å². The van der Waals surface area contributed by atoms with Crippen LogP contribution in [0.25, 0.3) is 0 Å². The van der Waals surface area contributed by atoms with Gasteiger partial charge in [-0.1, -0.05) is 0 Å². The zero-order valence-corrected chi connectivity index (χ0v) is 19.0. The fraction of sp³-hybridized carbons (Fsp3) is 0.333. The molecule has 0 spiro atoms. The third kappa shape index (κ3) is 6.54. The molecule has 0 saturated carbocycles. The van der Waals surface area contributed by atoms with Gasteiger partial charge < -0.3 is 25.4 Å². The minimum absolute atomic E-state index is 0. The molecule has 0 unspecified atom stereocenters. The number of aliphatic carboxylic acids is 1. The Bertz CT molecular complexity index is 742. The molecule has 0 saturated heterocycles. The number of carboxylic acid groups (broad SMARTS) is 1.